The minimum atomic E-state index is -0.755. The molecule has 1 aromatic heterocycles. The van der Waals surface area contributed by atoms with Gasteiger partial charge in [-0.1, -0.05) is 6.07 Å². The third kappa shape index (κ3) is 2.88. The maximum Gasteiger partial charge on any atom is 0.283 e. The smallest absolute Gasteiger partial charge is 0.283 e. The summed E-state index contributed by atoms with van der Waals surface area (Å²) < 4.78 is 1.43. The first-order valence-corrected chi connectivity index (χ1v) is 6.17. The predicted molar refractivity (Wildman–Crippen MR) is 66.7 cm³/mol. The highest BCUT2D eigenvalue weighted by atomic mass is 32.2. The van der Waals surface area contributed by atoms with E-state index in [4.69, 9.17) is 0 Å². The molecule has 0 bridgehead atoms. The molecule has 0 aliphatic rings. The Hall–Kier alpha value is -2.00. The van der Waals surface area contributed by atoms with Crippen LogP contribution in [0.25, 0.3) is 0 Å². The molecule has 1 aromatic carbocycles. The minimum Gasteiger partial charge on any atom is -0.389 e. The van der Waals surface area contributed by atoms with Crippen LogP contribution < -0.4 is 0 Å². The van der Waals surface area contributed by atoms with E-state index >= 15 is 0 Å². The minimum absolute atomic E-state index is 0.0774. The van der Waals surface area contributed by atoms with Crippen LogP contribution in [-0.4, -0.2) is 30.2 Å². The molecule has 0 saturated heterocycles. The molecule has 0 aliphatic heterocycles. The van der Waals surface area contributed by atoms with Crippen molar-refractivity contribution in [1.82, 2.24) is 20.2 Å². The highest BCUT2D eigenvalue weighted by Gasteiger charge is 2.19. The van der Waals surface area contributed by atoms with E-state index in [0.29, 0.717) is 15.6 Å². The summed E-state index contributed by atoms with van der Waals surface area (Å²) in [6, 6.07) is 4.58. The Balaban J connectivity index is 2.40. The van der Waals surface area contributed by atoms with Crippen LogP contribution in [0.2, 0.25) is 0 Å². The van der Waals surface area contributed by atoms with Crippen molar-refractivity contribution in [3.63, 3.8) is 0 Å². The summed E-state index contributed by atoms with van der Waals surface area (Å²) in [6.07, 6.45) is -0.755. The second-order valence-corrected chi connectivity index (χ2v) is 4.86. The summed E-state index contributed by atoms with van der Waals surface area (Å²) >= 11 is 1.10. The number of aliphatic hydroxyl groups excluding tert-OH is 1. The van der Waals surface area contributed by atoms with Gasteiger partial charge in [0, 0.05) is 13.1 Å². The molecule has 1 atom stereocenters. The van der Waals surface area contributed by atoms with Crippen LogP contribution in [0, 0.1) is 10.1 Å². The molecule has 2 aromatic rings. The Morgan fingerprint density at radius 3 is 2.79 bits per heavy atom. The highest BCUT2D eigenvalue weighted by molar-refractivity contribution is 7.99. The van der Waals surface area contributed by atoms with Crippen molar-refractivity contribution in [1.29, 1.82) is 0 Å². The number of rotatable bonds is 4. The van der Waals surface area contributed by atoms with E-state index in [9.17, 15) is 15.2 Å². The molecule has 9 heteroatoms. The van der Waals surface area contributed by atoms with Crippen LogP contribution in [0.1, 0.15) is 18.6 Å². The maximum atomic E-state index is 11.1. The molecule has 0 aliphatic carbocycles. The van der Waals surface area contributed by atoms with Gasteiger partial charge >= 0.3 is 0 Å². The standard InChI is InChI=1S/C10H11N5O3S/c1-6(16)7-3-4-9(8(5-7)15(17)18)19-10-11-12-13-14(10)2/h3-6,16H,1-2H3/t6-/m0/s1. The van der Waals surface area contributed by atoms with E-state index in [1.807, 2.05) is 0 Å². The van der Waals surface area contributed by atoms with Crippen molar-refractivity contribution in [2.24, 2.45) is 7.05 Å². The maximum absolute atomic E-state index is 11.1. The molecule has 2 rings (SSSR count). The van der Waals surface area contributed by atoms with Gasteiger partial charge in [-0.3, -0.25) is 10.1 Å². The number of aromatic nitrogens is 4. The van der Waals surface area contributed by atoms with Crippen LogP contribution in [0.5, 0.6) is 0 Å². The summed E-state index contributed by atoms with van der Waals surface area (Å²) in [4.78, 5) is 11.0. The van der Waals surface area contributed by atoms with Gasteiger partial charge in [-0.2, -0.15) is 0 Å². The Morgan fingerprint density at radius 1 is 1.53 bits per heavy atom. The van der Waals surface area contributed by atoms with Gasteiger partial charge in [0.05, 0.1) is 15.9 Å². The number of benzene rings is 1. The second kappa shape index (κ2) is 5.33. The number of tetrazole rings is 1. The van der Waals surface area contributed by atoms with E-state index in [0.717, 1.165) is 11.8 Å². The second-order valence-electron chi connectivity index (χ2n) is 3.85. The van der Waals surface area contributed by atoms with Crippen LogP contribution >= 0.6 is 11.8 Å². The number of nitrogens with zero attached hydrogens (tertiary/aromatic N) is 5. The van der Waals surface area contributed by atoms with E-state index in [1.165, 1.54) is 10.7 Å². The van der Waals surface area contributed by atoms with Gasteiger partial charge < -0.3 is 5.11 Å². The highest BCUT2D eigenvalue weighted by Crippen LogP contribution is 2.34. The topological polar surface area (TPSA) is 107 Å². The van der Waals surface area contributed by atoms with Crippen LogP contribution in [0.4, 0.5) is 5.69 Å². The van der Waals surface area contributed by atoms with E-state index in [-0.39, 0.29) is 5.69 Å². The zero-order valence-corrected chi connectivity index (χ0v) is 11.0. The van der Waals surface area contributed by atoms with Gasteiger partial charge in [0.25, 0.3) is 5.69 Å². The van der Waals surface area contributed by atoms with E-state index in [1.54, 1.807) is 26.1 Å². The first-order chi connectivity index (χ1) is 8.99. The van der Waals surface area contributed by atoms with Crippen molar-refractivity contribution in [2.45, 2.75) is 23.1 Å². The fourth-order valence-electron chi connectivity index (χ4n) is 1.43. The lowest BCUT2D eigenvalue weighted by molar-refractivity contribution is -0.387. The molecule has 8 nitrogen and oxygen atoms in total. The molecule has 0 amide bonds. The average molecular weight is 281 g/mol. The fraction of sp³-hybridized carbons (Fsp3) is 0.300. The third-order valence-electron chi connectivity index (χ3n) is 2.44. The van der Waals surface area contributed by atoms with Crippen molar-refractivity contribution in [3.8, 4) is 0 Å². The molecular formula is C10H11N5O3S. The van der Waals surface area contributed by atoms with Crippen LogP contribution in [-0.2, 0) is 7.05 Å². The average Bonchev–Trinajstić information content (AvgIpc) is 2.75. The number of hydrogen-bond acceptors (Lipinski definition) is 7. The first kappa shape index (κ1) is 13.4. The van der Waals surface area contributed by atoms with Gasteiger partial charge in [-0.15, -0.1) is 5.10 Å². The number of aliphatic hydroxyl groups is 1. The Bertz CT molecular complexity index is 613. The summed E-state index contributed by atoms with van der Waals surface area (Å²) in [7, 11) is 1.65. The molecule has 0 spiro atoms. The molecule has 100 valence electrons. The van der Waals surface area contributed by atoms with Gasteiger partial charge in [0.15, 0.2) is 0 Å². The normalized spacial score (nSPS) is 12.4. The number of nitro groups is 1. The Labute approximate surface area is 112 Å². The van der Waals surface area contributed by atoms with Crippen molar-refractivity contribution < 1.29 is 10.0 Å². The van der Waals surface area contributed by atoms with Gasteiger partial charge in [0.2, 0.25) is 5.16 Å². The number of aryl methyl sites for hydroxylation is 1. The predicted octanol–water partition coefficient (Wildman–Crippen LogP) is 1.32. The summed E-state index contributed by atoms with van der Waals surface area (Å²) in [5.41, 5.74) is 0.415. The Morgan fingerprint density at radius 2 is 2.26 bits per heavy atom. The lowest BCUT2D eigenvalue weighted by atomic mass is 10.1. The summed E-state index contributed by atoms with van der Waals surface area (Å²) in [6.45, 7) is 1.55. The zero-order valence-electron chi connectivity index (χ0n) is 10.2. The van der Waals surface area contributed by atoms with E-state index in [2.05, 4.69) is 15.5 Å². The quantitative estimate of drug-likeness (QED) is 0.665. The SMILES string of the molecule is C[C@H](O)c1ccc(Sc2nnnn2C)c([N+](=O)[O-])c1. The fourth-order valence-corrected chi connectivity index (χ4v) is 2.25. The van der Waals surface area contributed by atoms with Gasteiger partial charge in [-0.25, -0.2) is 4.68 Å². The zero-order chi connectivity index (χ0) is 14.0. The summed E-state index contributed by atoms with van der Waals surface area (Å²) in [5.74, 6) is 0. The molecule has 19 heavy (non-hydrogen) atoms. The monoisotopic (exact) mass is 281 g/mol. The third-order valence-corrected chi connectivity index (χ3v) is 3.54. The van der Waals surface area contributed by atoms with Crippen molar-refractivity contribution in [2.75, 3.05) is 0 Å². The first-order valence-electron chi connectivity index (χ1n) is 5.35. The van der Waals surface area contributed by atoms with E-state index < -0.39 is 11.0 Å². The lowest BCUT2D eigenvalue weighted by Gasteiger charge is -2.06. The molecule has 0 saturated carbocycles. The lowest BCUT2D eigenvalue weighted by Crippen LogP contribution is -1.98. The largest absolute Gasteiger partial charge is 0.389 e. The van der Waals surface area contributed by atoms with Crippen LogP contribution in [0.3, 0.4) is 0 Å². The van der Waals surface area contributed by atoms with Crippen LogP contribution in [0.15, 0.2) is 28.3 Å². The molecule has 1 N–H and O–H groups in total. The molecule has 1 heterocycles. The number of nitro benzene ring substituents is 1. The molecule has 0 fully saturated rings. The molecule has 0 unspecified atom stereocenters. The number of hydrogen-bond donors (Lipinski definition) is 1. The molecule has 0 radical (unpaired) electrons. The van der Waals surface area contributed by atoms with Gasteiger partial charge in [-0.05, 0) is 40.7 Å². The van der Waals surface area contributed by atoms with Crippen molar-refractivity contribution >= 4 is 17.4 Å². The van der Waals surface area contributed by atoms with Crippen molar-refractivity contribution in [3.05, 3.63) is 33.9 Å². The Kier molecular flexibility index (Phi) is 3.76. The van der Waals surface area contributed by atoms with Gasteiger partial charge in [0.1, 0.15) is 0 Å². The molecular weight excluding hydrogens is 270 g/mol. The summed E-state index contributed by atoms with van der Waals surface area (Å²) in [5, 5.41) is 31.9.